The third kappa shape index (κ3) is 5.45. The molecule has 0 aliphatic carbocycles. The fraction of sp³-hybridized carbons (Fsp3) is 0.261. The van der Waals surface area contributed by atoms with Crippen molar-refractivity contribution in [3.63, 3.8) is 0 Å². The number of aliphatic carboxylic acids is 1. The molecule has 3 aromatic rings. The molecular weight excluding hydrogens is 400 g/mol. The van der Waals surface area contributed by atoms with Crippen LogP contribution in [0.15, 0.2) is 47.9 Å². The lowest BCUT2D eigenvalue weighted by Gasteiger charge is -2.11. The van der Waals surface area contributed by atoms with Crippen LogP contribution in [0.1, 0.15) is 57.8 Å². The first-order valence-electron chi connectivity index (χ1n) is 9.81. The fourth-order valence-corrected chi connectivity index (χ4v) is 3.96. The molecule has 0 unspecified atom stereocenters. The number of thiophene rings is 1. The van der Waals surface area contributed by atoms with Crippen molar-refractivity contribution in [1.29, 1.82) is 0 Å². The highest BCUT2D eigenvalue weighted by molar-refractivity contribution is 7.09. The molecule has 0 saturated carbocycles. The average molecular weight is 425 g/mol. The van der Waals surface area contributed by atoms with Gasteiger partial charge in [-0.2, -0.15) is 0 Å². The Bertz CT molecular complexity index is 1030. The Hall–Kier alpha value is -3.19. The van der Waals surface area contributed by atoms with Gasteiger partial charge in [-0.1, -0.05) is 31.5 Å². The van der Waals surface area contributed by atoms with E-state index in [1.165, 1.54) is 0 Å². The summed E-state index contributed by atoms with van der Waals surface area (Å²) >= 11 is 1.65. The summed E-state index contributed by atoms with van der Waals surface area (Å²) in [6.07, 6.45) is 6.20. The summed E-state index contributed by atoms with van der Waals surface area (Å²) in [5.41, 5.74) is 2.80. The van der Waals surface area contributed by atoms with Crippen molar-refractivity contribution < 1.29 is 19.8 Å². The molecule has 3 rings (SSSR count). The SMILES string of the molecule is CCCCc1nc(Cc2cccs2)c(/C=C/C(=O)O)n1Cc1ccc(C(=O)O)cc1. The molecule has 0 spiro atoms. The number of aromatic nitrogens is 2. The van der Waals surface area contributed by atoms with Gasteiger partial charge in [0, 0.05) is 30.3 Å². The number of hydrogen-bond acceptors (Lipinski definition) is 4. The minimum atomic E-state index is -1.01. The van der Waals surface area contributed by atoms with Gasteiger partial charge in [0.05, 0.1) is 17.0 Å². The van der Waals surface area contributed by atoms with Crippen molar-refractivity contribution >= 4 is 29.4 Å². The van der Waals surface area contributed by atoms with Gasteiger partial charge in [0.25, 0.3) is 0 Å². The Labute approximate surface area is 179 Å². The normalized spacial score (nSPS) is 11.2. The molecule has 30 heavy (non-hydrogen) atoms. The van der Waals surface area contributed by atoms with Gasteiger partial charge >= 0.3 is 11.9 Å². The minimum absolute atomic E-state index is 0.236. The minimum Gasteiger partial charge on any atom is -0.478 e. The largest absolute Gasteiger partial charge is 0.478 e. The van der Waals surface area contributed by atoms with Crippen LogP contribution in [0.3, 0.4) is 0 Å². The van der Waals surface area contributed by atoms with Crippen LogP contribution in [0.4, 0.5) is 0 Å². The Kier molecular flexibility index (Phi) is 7.19. The number of unbranched alkanes of at least 4 members (excludes halogenated alkanes) is 1. The smallest absolute Gasteiger partial charge is 0.335 e. The molecule has 0 bridgehead atoms. The number of benzene rings is 1. The lowest BCUT2D eigenvalue weighted by atomic mass is 10.1. The predicted molar refractivity (Wildman–Crippen MR) is 117 cm³/mol. The quantitative estimate of drug-likeness (QED) is 0.459. The maximum atomic E-state index is 11.2. The van der Waals surface area contributed by atoms with Crippen molar-refractivity contribution in [3.05, 3.63) is 81.1 Å². The molecule has 0 aliphatic heterocycles. The molecular formula is C23H24N2O4S. The summed E-state index contributed by atoms with van der Waals surface area (Å²) in [4.78, 5) is 28.3. The van der Waals surface area contributed by atoms with Gasteiger partial charge in [-0.15, -0.1) is 11.3 Å². The summed E-state index contributed by atoms with van der Waals surface area (Å²) in [5.74, 6) is -1.06. The third-order valence-electron chi connectivity index (χ3n) is 4.76. The van der Waals surface area contributed by atoms with E-state index in [9.17, 15) is 9.59 Å². The highest BCUT2D eigenvalue weighted by atomic mass is 32.1. The Morgan fingerprint density at radius 2 is 1.93 bits per heavy atom. The van der Waals surface area contributed by atoms with E-state index in [4.69, 9.17) is 15.2 Å². The predicted octanol–water partition coefficient (Wildman–Crippen LogP) is 4.72. The second-order valence-corrected chi connectivity index (χ2v) is 8.01. The number of rotatable bonds is 10. The van der Waals surface area contributed by atoms with E-state index in [1.54, 1.807) is 41.7 Å². The highest BCUT2D eigenvalue weighted by Gasteiger charge is 2.17. The van der Waals surface area contributed by atoms with Gasteiger partial charge in [0.15, 0.2) is 0 Å². The van der Waals surface area contributed by atoms with E-state index in [-0.39, 0.29) is 5.56 Å². The molecule has 6 nitrogen and oxygen atoms in total. The first-order valence-corrected chi connectivity index (χ1v) is 10.7. The molecule has 0 atom stereocenters. The number of aromatic carboxylic acids is 1. The standard InChI is InChI=1S/C23H24N2O4S/c1-2-3-6-21-24-19(14-18-5-4-13-30-18)20(11-12-22(26)27)25(21)15-16-7-9-17(10-8-16)23(28)29/h4-5,7-13H,2-3,6,14-15H2,1H3,(H,26,27)(H,28,29)/b12-11+. The Balaban J connectivity index is 2.02. The van der Waals surface area contributed by atoms with Crippen LogP contribution >= 0.6 is 11.3 Å². The number of carbonyl (C=O) groups is 2. The van der Waals surface area contributed by atoms with E-state index < -0.39 is 11.9 Å². The molecule has 2 N–H and O–H groups in total. The van der Waals surface area contributed by atoms with Crippen molar-refractivity contribution in [2.75, 3.05) is 0 Å². The molecule has 0 saturated heterocycles. The van der Waals surface area contributed by atoms with Crippen LogP contribution < -0.4 is 0 Å². The molecule has 7 heteroatoms. The van der Waals surface area contributed by atoms with Crippen LogP contribution in [-0.4, -0.2) is 31.7 Å². The van der Waals surface area contributed by atoms with Crippen molar-refractivity contribution in [2.45, 2.75) is 39.2 Å². The third-order valence-corrected chi connectivity index (χ3v) is 5.64. The maximum Gasteiger partial charge on any atom is 0.335 e. The van der Waals surface area contributed by atoms with Crippen LogP contribution in [0.5, 0.6) is 0 Å². The molecule has 156 valence electrons. The maximum absolute atomic E-state index is 11.2. The summed E-state index contributed by atoms with van der Waals surface area (Å²) in [6.45, 7) is 2.62. The van der Waals surface area contributed by atoms with Crippen molar-refractivity contribution in [2.24, 2.45) is 0 Å². The van der Waals surface area contributed by atoms with E-state index in [0.29, 0.717) is 13.0 Å². The first kappa shape index (κ1) is 21.5. The van der Waals surface area contributed by atoms with E-state index in [1.807, 2.05) is 22.1 Å². The Morgan fingerprint density at radius 1 is 1.17 bits per heavy atom. The highest BCUT2D eigenvalue weighted by Crippen LogP contribution is 2.23. The lowest BCUT2D eigenvalue weighted by molar-refractivity contribution is -0.131. The Morgan fingerprint density at radius 3 is 2.53 bits per heavy atom. The lowest BCUT2D eigenvalue weighted by Crippen LogP contribution is -2.08. The van der Waals surface area contributed by atoms with Gasteiger partial charge in [-0.3, -0.25) is 0 Å². The number of nitrogens with zero attached hydrogens (tertiary/aromatic N) is 2. The number of imidazole rings is 1. The molecule has 0 amide bonds. The summed E-state index contributed by atoms with van der Waals surface area (Å²) in [6, 6.07) is 10.8. The zero-order valence-corrected chi connectivity index (χ0v) is 17.6. The summed E-state index contributed by atoms with van der Waals surface area (Å²) < 4.78 is 2.05. The van der Waals surface area contributed by atoms with Crippen LogP contribution in [0, 0.1) is 0 Å². The van der Waals surface area contributed by atoms with E-state index in [0.717, 1.165) is 53.0 Å². The monoisotopic (exact) mass is 424 g/mol. The zero-order valence-electron chi connectivity index (χ0n) is 16.7. The van der Waals surface area contributed by atoms with E-state index >= 15 is 0 Å². The second-order valence-electron chi connectivity index (χ2n) is 6.98. The molecule has 2 aromatic heterocycles. The molecule has 1 aromatic carbocycles. The van der Waals surface area contributed by atoms with Crippen molar-refractivity contribution in [1.82, 2.24) is 9.55 Å². The molecule has 0 fully saturated rings. The van der Waals surface area contributed by atoms with Gasteiger partial charge in [-0.25, -0.2) is 14.6 Å². The summed E-state index contributed by atoms with van der Waals surface area (Å²) in [7, 11) is 0. The number of carboxylic acids is 2. The number of carboxylic acid groups (broad SMARTS) is 2. The van der Waals surface area contributed by atoms with Gasteiger partial charge < -0.3 is 14.8 Å². The summed E-state index contributed by atoms with van der Waals surface area (Å²) in [5, 5.41) is 20.3. The van der Waals surface area contributed by atoms with Gasteiger partial charge in [0.1, 0.15) is 5.82 Å². The number of aryl methyl sites for hydroxylation is 1. The molecule has 2 heterocycles. The topological polar surface area (TPSA) is 92.4 Å². The zero-order chi connectivity index (χ0) is 21.5. The first-order chi connectivity index (χ1) is 14.5. The van der Waals surface area contributed by atoms with Crippen LogP contribution in [-0.2, 0) is 24.2 Å². The molecule has 0 aliphatic rings. The van der Waals surface area contributed by atoms with E-state index in [2.05, 4.69) is 6.92 Å². The number of hydrogen-bond donors (Lipinski definition) is 2. The van der Waals surface area contributed by atoms with Crippen LogP contribution in [0.2, 0.25) is 0 Å². The fourth-order valence-electron chi connectivity index (χ4n) is 3.25. The second kappa shape index (κ2) is 10.0. The average Bonchev–Trinajstić information content (AvgIpc) is 3.34. The van der Waals surface area contributed by atoms with Crippen molar-refractivity contribution in [3.8, 4) is 0 Å². The van der Waals surface area contributed by atoms with Gasteiger partial charge in [0.2, 0.25) is 0 Å². The van der Waals surface area contributed by atoms with Crippen LogP contribution in [0.25, 0.3) is 6.08 Å². The molecule has 0 radical (unpaired) electrons. The van der Waals surface area contributed by atoms with Gasteiger partial charge in [-0.05, 0) is 41.6 Å².